The zero-order valence-corrected chi connectivity index (χ0v) is 15.4. The molecule has 0 atom stereocenters. The molecule has 2 rings (SSSR count). The highest BCUT2D eigenvalue weighted by atomic mass is 16.6. The molecular weight excluding hydrogens is 340 g/mol. The van der Waals surface area contributed by atoms with Crippen molar-refractivity contribution in [3.63, 3.8) is 0 Å². The Labute approximate surface area is 153 Å². The van der Waals surface area contributed by atoms with Crippen molar-refractivity contribution in [2.75, 3.05) is 40.5 Å². The van der Waals surface area contributed by atoms with Crippen molar-refractivity contribution in [3.8, 4) is 17.2 Å². The van der Waals surface area contributed by atoms with Crippen molar-refractivity contribution >= 4 is 12.0 Å². The summed E-state index contributed by atoms with van der Waals surface area (Å²) in [6, 6.07) is 5.13. The second kappa shape index (κ2) is 9.74. The molecule has 0 radical (unpaired) electrons. The summed E-state index contributed by atoms with van der Waals surface area (Å²) in [6.07, 6.45) is 1.09. The van der Waals surface area contributed by atoms with Crippen molar-refractivity contribution in [2.24, 2.45) is 0 Å². The molecular formula is C18H26N2O6. The molecule has 0 aromatic heterocycles. The Morgan fingerprint density at radius 2 is 1.65 bits per heavy atom. The Hall–Kier alpha value is -2.64. The average Bonchev–Trinajstić information content (AvgIpc) is 2.66. The number of hydrogen-bond donors (Lipinski definition) is 1. The predicted molar refractivity (Wildman–Crippen MR) is 94.8 cm³/mol. The molecule has 1 aliphatic heterocycles. The predicted octanol–water partition coefficient (Wildman–Crippen LogP) is 1.82. The van der Waals surface area contributed by atoms with Crippen LogP contribution in [-0.2, 0) is 9.53 Å². The molecule has 144 valence electrons. The molecule has 1 N–H and O–H groups in total. The van der Waals surface area contributed by atoms with E-state index in [1.54, 1.807) is 44.2 Å². The maximum atomic E-state index is 12.1. The smallest absolute Gasteiger partial charge is 0.409 e. The van der Waals surface area contributed by atoms with E-state index >= 15 is 0 Å². The Kier molecular flexibility index (Phi) is 7.37. The lowest BCUT2D eigenvalue weighted by atomic mass is 10.1. The van der Waals surface area contributed by atoms with Crippen molar-refractivity contribution in [2.45, 2.75) is 25.8 Å². The van der Waals surface area contributed by atoms with Crippen LogP contribution < -0.4 is 19.5 Å². The highest BCUT2D eigenvalue weighted by Crippen LogP contribution is 2.27. The number of hydrogen-bond acceptors (Lipinski definition) is 6. The maximum absolute atomic E-state index is 12.1. The van der Waals surface area contributed by atoms with Gasteiger partial charge in [-0.05, 0) is 19.8 Å². The van der Waals surface area contributed by atoms with Gasteiger partial charge in [-0.25, -0.2) is 4.79 Å². The molecule has 1 saturated heterocycles. The summed E-state index contributed by atoms with van der Waals surface area (Å²) in [5.41, 5.74) is 0. The van der Waals surface area contributed by atoms with E-state index in [1.165, 1.54) is 0 Å². The number of rotatable bonds is 7. The van der Waals surface area contributed by atoms with Crippen LogP contribution in [0.3, 0.4) is 0 Å². The van der Waals surface area contributed by atoms with Gasteiger partial charge in [0.25, 0.3) is 5.91 Å². The van der Waals surface area contributed by atoms with E-state index < -0.39 is 0 Å². The van der Waals surface area contributed by atoms with Gasteiger partial charge in [0, 0.05) is 37.3 Å². The summed E-state index contributed by atoms with van der Waals surface area (Å²) in [7, 11) is 3.10. The highest BCUT2D eigenvalue weighted by molar-refractivity contribution is 5.78. The normalized spacial score (nSPS) is 14.5. The maximum Gasteiger partial charge on any atom is 0.409 e. The van der Waals surface area contributed by atoms with Crippen molar-refractivity contribution in [1.82, 2.24) is 10.2 Å². The van der Waals surface area contributed by atoms with Gasteiger partial charge in [0.2, 0.25) is 0 Å². The number of methoxy groups -OCH3 is 2. The Balaban J connectivity index is 1.77. The van der Waals surface area contributed by atoms with E-state index in [0.717, 1.165) is 0 Å². The molecule has 1 fully saturated rings. The molecule has 8 nitrogen and oxygen atoms in total. The van der Waals surface area contributed by atoms with Crippen LogP contribution in [0, 0.1) is 0 Å². The van der Waals surface area contributed by atoms with Crippen LogP contribution in [-0.4, -0.2) is 63.5 Å². The fourth-order valence-corrected chi connectivity index (χ4v) is 2.70. The molecule has 8 heteroatoms. The number of nitrogens with zero attached hydrogens (tertiary/aromatic N) is 1. The highest BCUT2D eigenvalue weighted by Gasteiger charge is 2.24. The van der Waals surface area contributed by atoms with E-state index in [4.69, 9.17) is 18.9 Å². The van der Waals surface area contributed by atoms with Gasteiger partial charge in [-0.2, -0.15) is 0 Å². The summed E-state index contributed by atoms with van der Waals surface area (Å²) in [5.74, 6) is 1.46. The largest absolute Gasteiger partial charge is 0.496 e. The summed E-state index contributed by atoms with van der Waals surface area (Å²) in [5, 5.41) is 2.93. The average molecular weight is 366 g/mol. The minimum atomic E-state index is -0.299. The zero-order chi connectivity index (χ0) is 18.9. The Bertz CT molecular complexity index is 591. The third kappa shape index (κ3) is 5.72. The van der Waals surface area contributed by atoms with Gasteiger partial charge in [-0.3, -0.25) is 4.79 Å². The van der Waals surface area contributed by atoms with Gasteiger partial charge >= 0.3 is 6.09 Å². The molecule has 1 heterocycles. The molecule has 1 aromatic rings. The van der Waals surface area contributed by atoms with Crippen LogP contribution >= 0.6 is 0 Å². The van der Waals surface area contributed by atoms with E-state index in [2.05, 4.69) is 5.32 Å². The molecule has 0 bridgehead atoms. The van der Waals surface area contributed by atoms with E-state index in [9.17, 15) is 9.59 Å². The molecule has 0 saturated carbocycles. The monoisotopic (exact) mass is 366 g/mol. The lowest BCUT2D eigenvalue weighted by Crippen LogP contribution is -2.47. The second-order valence-electron chi connectivity index (χ2n) is 5.86. The lowest BCUT2D eigenvalue weighted by molar-refractivity contribution is -0.124. The first kappa shape index (κ1) is 19.7. The van der Waals surface area contributed by atoms with E-state index in [1.807, 2.05) is 0 Å². The summed E-state index contributed by atoms with van der Waals surface area (Å²) >= 11 is 0. The molecule has 0 unspecified atom stereocenters. The van der Waals surface area contributed by atoms with E-state index in [-0.39, 0.29) is 24.6 Å². The summed E-state index contributed by atoms with van der Waals surface area (Å²) in [6.45, 7) is 3.18. The van der Waals surface area contributed by atoms with Gasteiger partial charge in [0.05, 0.1) is 20.8 Å². The van der Waals surface area contributed by atoms with Gasteiger partial charge in [-0.15, -0.1) is 0 Å². The number of piperidine rings is 1. The van der Waals surface area contributed by atoms with Gasteiger partial charge in [0.15, 0.2) is 6.61 Å². The second-order valence-corrected chi connectivity index (χ2v) is 5.86. The van der Waals surface area contributed by atoms with Crippen molar-refractivity contribution in [1.29, 1.82) is 0 Å². The third-order valence-corrected chi connectivity index (χ3v) is 4.08. The first-order chi connectivity index (χ1) is 12.5. The fourth-order valence-electron chi connectivity index (χ4n) is 2.70. The standard InChI is InChI=1S/C18H26N2O6/c1-4-25-18(22)20-7-5-13(6-8-20)19-17(21)12-26-16-10-14(23-2)9-15(11-16)24-3/h9-11,13H,4-8,12H2,1-3H3,(H,19,21). The van der Waals surface area contributed by atoms with Gasteiger partial charge in [-0.1, -0.05) is 0 Å². The lowest BCUT2D eigenvalue weighted by Gasteiger charge is -2.31. The number of carbonyl (C=O) groups excluding carboxylic acids is 2. The topological polar surface area (TPSA) is 86.3 Å². The summed E-state index contributed by atoms with van der Waals surface area (Å²) < 4.78 is 20.8. The van der Waals surface area contributed by atoms with Crippen LogP contribution in [0.25, 0.3) is 0 Å². The number of carbonyl (C=O) groups is 2. The molecule has 0 spiro atoms. The van der Waals surface area contributed by atoms with Crippen LogP contribution in [0.4, 0.5) is 4.79 Å². The van der Waals surface area contributed by atoms with Crippen molar-refractivity contribution < 1.29 is 28.5 Å². The number of likely N-dealkylation sites (tertiary alicyclic amines) is 1. The van der Waals surface area contributed by atoms with Gasteiger partial charge in [0.1, 0.15) is 17.2 Å². The number of ether oxygens (including phenoxy) is 4. The number of benzene rings is 1. The molecule has 26 heavy (non-hydrogen) atoms. The van der Waals surface area contributed by atoms with Crippen LogP contribution in [0.15, 0.2) is 18.2 Å². The summed E-state index contributed by atoms with van der Waals surface area (Å²) in [4.78, 5) is 25.4. The van der Waals surface area contributed by atoms with E-state index in [0.29, 0.717) is 49.8 Å². The SMILES string of the molecule is CCOC(=O)N1CCC(NC(=O)COc2cc(OC)cc(OC)c2)CC1. The first-order valence-electron chi connectivity index (χ1n) is 8.62. The van der Waals surface area contributed by atoms with Crippen LogP contribution in [0.5, 0.6) is 17.2 Å². The molecule has 2 amide bonds. The molecule has 0 aliphatic carbocycles. The zero-order valence-electron chi connectivity index (χ0n) is 15.4. The van der Waals surface area contributed by atoms with Crippen LogP contribution in [0.1, 0.15) is 19.8 Å². The van der Waals surface area contributed by atoms with Crippen LogP contribution in [0.2, 0.25) is 0 Å². The third-order valence-electron chi connectivity index (χ3n) is 4.08. The Morgan fingerprint density at radius 1 is 1.08 bits per heavy atom. The van der Waals surface area contributed by atoms with Gasteiger partial charge < -0.3 is 29.2 Å². The number of amides is 2. The fraction of sp³-hybridized carbons (Fsp3) is 0.556. The molecule has 1 aromatic carbocycles. The molecule has 1 aliphatic rings. The van der Waals surface area contributed by atoms with Crippen molar-refractivity contribution in [3.05, 3.63) is 18.2 Å². The number of nitrogens with one attached hydrogen (secondary N) is 1. The quantitative estimate of drug-likeness (QED) is 0.792. The minimum absolute atomic E-state index is 0.0247. The minimum Gasteiger partial charge on any atom is -0.496 e. The Morgan fingerprint density at radius 3 is 2.19 bits per heavy atom. The first-order valence-corrected chi connectivity index (χ1v) is 8.62.